The second kappa shape index (κ2) is 31.2. The van der Waals surface area contributed by atoms with Gasteiger partial charge in [0.25, 0.3) is 0 Å². The normalized spacial score (nSPS) is 11.1. The van der Waals surface area contributed by atoms with Gasteiger partial charge >= 0.3 is 11.9 Å². The van der Waals surface area contributed by atoms with Crippen molar-refractivity contribution < 1.29 is 19.4 Å². The van der Waals surface area contributed by atoms with E-state index in [2.05, 4.69) is 32.1 Å². The number of hydrogen-bond donors (Lipinski definition) is 1. The smallest absolute Gasteiger partial charge is 0.307 e. The van der Waals surface area contributed by atoms with E-state index in [0.29, 0.717) is 11.8 Å². The summed E-state index contributed by atoms with van der Waals surface area (Å²) in [7, 11) is 0. The van der Waals surface area contributed by atoms with E-state index in [0.717, 1.165) is 19.1 Å². The first-order valence-electron chi connectivity index (χ1n) is 16.7. The van der Waals surface area contributed by atoms with Crippen molar-refractivity contribution in [3.05, 3.63) is 12.8 Å². The third-order valence-electron chi connectivity index (χ3n) is 7.32. The van der Waals surface area contributed by atoms with Crippen molar-refractivity contribution in [2.45, 2.75) is 195 Å². The molecule has 0 bridgehead atoms. The van der Waals surface area contributed by atoms with Crippen LogP contribution in [0.25, 0.3) is 0 Å². The van der Waals surface area contributed by atoms with E-state index in [1.807, 2.05) is 0 Å². The van der Waals surface area contributed by atoms with E-state index in [9.17, 15) is 9.59 Å². The number of rotatable bonds is 27. The fraction of sp³-hybridized carbons (Fsp3) is 0.886. The van der Waals surface area contributed by atoms with Crippen molar-refractivity contribution in [3.63, 3.8) is 0 Å². The van der Waals surface area contributed by atoms with Crippen LogP contribution in [-0.2, 0) is 14.3 Å². The molecule has 0 aromatic heterocycles. The maximum absolute atomic E-state index is 10.4. The van der Waals surface area contributed by atoms with Crippen molar-refractivity contribution >= 4 is 11.9 Å². The van der Waals surface area contributed by atoms with Crippen LogP contribution in [0.4, 0.5) is 0 Å². The molecular formula is C35H68O4. The highest BCUT2D eigenvalue weighted by Crippen LogP contribution is 2.23. The Labute approximate surface area is 244 Å². The Morgan fingerprint density at radius 3 is 1.00 bits per heavy atom. The topological polar surface area (TPSA) is 63.6 Å². The molecule has 1 N–H and O–H groups in total. The first-order chi connectivity index (χ1) is 18.7. The zero-order valence-electron chi connectivity index (χ0n) is 26.8. The number of carbonyl (C=O) groups is 2. The van der Waals surface area contributed by atoms with Gasteiger partial charge < -0.3 is 9.84 Å². The van der Waals surface area contributed by atoms with E-state index in [4.69, 9.17) is 5.11 Å². The lowest BCUT2D eigenvalue weighted by Crippen LogP contribution is -2.03. The van der Waals surface area contributed by atoms with Gasteiger partial charge in [-0.15, -0.1) is 0 Å². The van der Waals surface area contributed by atoms with Gasteiger partial charge in [-0.3, -0.25) is 9.59 Å². The molecule has 0 spiro atoms. The largest absolute Gasteiger partial charge is 0.481 e. The average Bonchev–Trinajstić information content (AvgIpc) is 2.85. The summed E-state index contributed by atoms with van der Waals surface area (Å²) in [5.41, 5.74) is 0.522. The van der Waals surface area contributed by atoms with Crippen LogP contribution in [0.2, 0.25) is 0 Å². The second-order valence-corrected chi connectivity index (χ2v) is 12.7. The maximum Gasteiger partial charge on any atom is 0.307 e. The van der Waals surface area contributed by atoms with E-state index in [1.165, 1.54) is 155 Å². The Balaban J connectivity index is 0. The molecule has 0 aromatic rings. The molecule has 0 heterocycles. The molecule has 0 fully saturated rings. The Kier molecular flexibility index (Phi) is 31.9. The molecule has 0 aliphatic carbocycles. The van der Waals surface area contributed by atoms with Gasteiger partial charge in [0.2, 0.25) is 0 Å². The molecule has 0 aromatic carbocycles. The molecule has 0 unspecified atom stereocenters. The van der Waals surface area contributed by atoms with Crippen LogP contribution in [0.15, 0.2) is 12.8 Å². The number of aliphatic carboxylic acids is 1. The lowest BCUT2D eigenvalue weighted by atomic mass is 9.89. The van der Waals surface area contributed by atoms with Crippen molar-refractivity contribution in [1.29, 1.82) is 0 Å². The number of carboxylic acids is 1. The molecule has 0 aliphatic heterocycles. The third-order valence-corrected chi connectivity index (χ3v) is 7.32. The Hall–Kier alpha value is -1.32. The minimum absolute atomic E-state index is 0.329. The lowest BCUT2D eigenvalue weighted by molar-refractivity contribution is -0.137. The van der Waals surface area contributed by atoms with Crippen molar-refractivity contribution in [1.82, 2.24) is 0 Å². The number of unbranched alkanes of at least 4 members (excludes halogenated alkanes) is 23. The highest BCUT2D eigenvalue weighted by atomic mass is 16.5. The molecule has 39 heavy (non-hydrogen) atoms. The molecular weight excluding hydrogens is 484 g/mol. The zero-order chi connectivity index (χ0) is 29.5. The molecule has 0 atom stereocenters. The van der Waals surface area contributed by atoms with Gasteiger partial charge in [0.1, 0.15) is 0 Å². The van der Waals surface area contributed by atoms with Gasteiger partial charge in [-0.1, -0.05) is 175 Å². The SMILES string of the molecule is C=COC(C)=O.CC(C)(C)CCCCCCCCCCCCCCCCCCCCCCCCCCC(=O)O. The van der Waals surface area contributed by atoms with Crippen LogP contribution >= 0.6 is 0 Å². The second-order valence-electron chi connectivity index (χ2n) is 12.7. The van der Waals surface area contributed by atoms with Crippen LogP contribution in [0.1, 0.15) is 195 Å². The van der Waals surface area contributed by atoms with Crippen molar-refractivity contribution in [2.75, 3.05) is 0 Å². The zero-order valence-corrected chi connectivity index (χ0v) is 26.8. The van der Waals surface area contributed by atoms with Crippen LogP contribution < -0.4 is 0 Å². The van der Waals surface area contributed by atoms with Crippen LogP contribution in [0.5, 0.6) is 0 Å². The number of carboxylic acid groups (broad SMARTS) is 1. The fourth-order valence-electron chi connectivity index (χ4n) is 4.94. The van der Waals surface area contributed by atoms with Crippen LogP contribution in [0.3, 0.4) is 0 Å². The summed E-state index contributed by atoms with van der Waals surface area (Å²) in [6, 6.07) is 0. The van der Waals surface area contributed by atoms with Gasteiger partial charge in [-0.05, 0) is 18.3 Å². The number of ether oxygens (including phenoxy) is 1. The van der Waals surface area contributed by atoms with Crippen molar-refractivity contribution in [3.8, 4) is 0 Å². The van der Waals surface area contributed by atoms with E-state index in [1.54, 1.807) is 0 Å². The summed E-state index contributed by atoms with van der Waals surface area (Å²) in [5, 5.41) is 8.61. The standard InChI is InChI=1S/C31H62O2.C4H6O2/c1-31(2,3)29-27-25-23-21-19-17-15-13-11-9-7-5-4-6-8-10-12-14-16-18-20-22-24-26-28-30(32)33;1-3-6-4(2)5/h4-29H2,1-3H3,(H,32,33);3H,1H2,2H3. The summed E-state index contributed by atoms with van der Waals surface area (Å²) < 4.78 is 4.17. The highest BCUT2D eigenvalue weighted by molar-refractivity contribution is 5.66. The monoisotopic (exact) mass is 553 g/mol. The molecule has 0 saturated heterocycles. The van der Waals surface area contributed by atoms with E-state index in [-0.39, 0.29) is 5.97 Å². The molecule has 0 rings (SSSR count). The van der Waals surface area contributed by atoms with E-state index >= 15 is 0 Å². The molecule has 4 heteroatoms. The first-order valence-corrected chi connectivity index (χ1v) is 16.7. The van der Waals surface area contributed by atoms with Gasteiger partial charge in [0.05, 0.1) is 6.26 Å². The molecule has 0 saturated carbocycles. The minimum atomic E-state index is -0.649. The fourth-order valence-corrected chi connectivity index (χ4v) is 4.94. The van der Waals surface area contributed by atoms with Gasteiger partial charge in [0.15, 0.2) is 0 Å². The maximum atomic E-state index is 10.4. The van der Waals surface area contributed by atoms with Gasteiger partial charge in [-0.25, -0.2) is 0 Å². The summed E-state index contributed by atoms with van der Waals surface area (Å²) in [6.07, 6.45) is 36.0. The highest BCUT2D eigenvalue weighted by Gasteiger charge is 2.08. The molecule has 0 amide bonds. The van der Waals surface area contributed by atoms with Crippen LogP contribution in [-0.4, -0.2) is 17.0 Å². The number of esters is 1. The Bertz CT molecular complexity index is 535. The minimum Gasteiger partial charge on any atom is -0.481 e. The van der Waals surface area contributed by atoms with Crippen molar-refractivity contribution in [2.24, 2.45) is 5.41 Å². The molecule has 0 radical (unpaired) electrons. The summed E-state index contributed by atoms with van der Waals surface area (Å²) in [5.74, 6) is -0.978. The van der Waals surface area contributed by atoms with Crippen LogP contribution in [0, 0.1) is 5.41 Å². The van der Waals surface area contributed by atoms with Gasteiger partial charge in [0, 0.05) is 13.3 Å². The number of hydrogen-bond acceptors (Lipinski definition) is 3. The van der Waals surface area contributed by atoms with Gasteiger partial charge in [-0.2, -0.15) is 0 Å². The lowest BCUT2D eigenvalue weighted by Gasteiger charge is -2.17. The van der Waals surface area contributed by atoms with E-state index < -0.39 is 5.97 Å². The predicted molar refractivity (Wildman–Crippen MR) is 169 cm³/mol. The predicted octanol–water partition coefficient (Wildman–Crippen LogP) is 12.0. The Morgan fingerprint density at radius 1 is 0.564 bits per heavy atom. The third kappa shape index (κ3) is 44.0. The summed E-state index contributed by atoms with van der Waals surface area (Å²) >= 11 is 0. The first kappa shape index (κ1) is 39.8. The molecule has 232 valence electrons. The average molecular weight is 553 g/mol. The molecule has 0 aliphatic rings. The Morgan fingerprint density at radius 2 is 0.821 bits per heavy atom. The number of carbonyl (C=O) groups excluding carboxylic acids is 1. The summed E-state index contributed by atoms with van der Waals surface area (Å²) in [4.78, 5) is 20.2. The quantitative estimate of drug-likeness (QED) is 0.0625. The molecule has 4 nitrogen and oxygen atoms in total. The summed E-state index contributed by atoms with van der Waals surface area (Å²) in [6.45, 7) is 11.6.